The molecule has 1 aliphatic rings. The van der Waals surface area contributed by atoms with E-state index in [2.05, 4.69) is 51.6 Å². The average Bonchev–Trinajstić information content (AvgIpc) is 3.64. The number of nitrogens with zero attached hydrogens (tertiary/aromatic N) is 5. The van der Waals surface area contributed by atoms with E-state index in [1.807, 2.05) is 47.4 Å². The number of urea groups is 1. The lowest BCUT2D eigenvalue weighted by atomic mass is 9.96. The lowest BCUT2D eigenvalue weighted by molar-refractivity contribution is -0.274. The molecule has 3 aromatic carbocycles. The monoisotopic (exact) mass is 620 g/mol. The Morgan fingerprint density at radius 2 is 1.84 bits per heavy atom. The van der Waals surface area contributed by atoms with E-state index in [1.165, 1.54) is 52.6 Å². The van der Waals surface area contributed by atoms with E-state index in [4.69, 9.17) is 0 Å². The zero-order chi connectivity index (χ0) is 31.3. The molecular formula is C32H31F3N6O2S. The van der Waals surface area contributed by atoms with Crippen molar-refractivity contribution in [3.63, 3.8) is 0 Å². The Kier molecular flexibility index (Phi) is 9.38. The molecule has 0 bridgehead atoms. The highest BCUT2D eigenvalue weighted by Gasteiger charge is 2.31. The summed E-state index contributed by atoms with van der Waals surface area (Å²) in [6, 6.07) is 20.9. The molecule has 1 unspecified atom stereocenters. The standard InChI is InChI=1S/C32H31F3N6O2S/c1-4-23-7-5-6-8-28(23)41-22(3)19-44-31(41)38-30(42)36-18-17-21(2)24-9-11-25(12-10-24)29-37-20-40(39-29)26-13-15-27(16-14-26)43-32(33,34)35/h5-16,20-21H,3-4,17-19H2,1-2H3,(H,36,42). The van der Waals surface area contributed by atoms with Crippen molar-refractivity contribution in [3.05, 3.63) is 103 Å². The quantitative estimate of drug-likeness (QED) is 0.206. The number of aryl methyl sites for hydroxylation is 1. The first kappa shape index (κ1) is 30.9. The van der Waals surface area contributed by atoms with Gasteiger partial charge in [-0.15, -0.1) is 18.3 Å². The van der Waals surface area contributed by atoms with Gasteiger partial charge >= 0.3 is 12.4 Å². The van der Waals surface area contributed by atoms with E-state index in [1.54, 1.807) is 0 Å². The number of anilines is 1. The largest absolute Gasteiger partial charge is 0.573 e. The van der Waals surface area contributed by atoms with Crippen LogP contribution in [-0.2, 0) is 6.42 Å². The first-order valence-corrected chi connectivity index (χ1v) is 15.0. The fraction of sp³-hybridized carbons (Fsp3) is 0.250. The number of halogens is 3. The van der Waals surface area contributed by atoms with Gasteiger partial charge in [0, 0.05) is 23.6 Å². The molecule has 5 rings (SSSR count). The number of carbonyl (C=O) groups is 1. The van der Waals surface area contributed by atoms with Crippen molar-refractivity contribution in [2.45, 2.75) is 39.0 Å². The van der Waals surface area contributed by atoms with Crippen LogP contribution < -0.4 is 15.0 Å². The van der Waals surface area contributed by atoms with Crippen LogP contribution in [0.25, 0.3) is 17.1 Å². The summed E-state index contributed by atoms with van der Waals surface area (Å²) < 4.78 is 42.6. The van der Waals surface area contributed by atoms with Gasteiger partial charge in [0.2, 0.25) is 0 Å². The van der Waals surface area contributed by atoms with Crippen molar-refractivity contribution in [2.24, 2.45) is 4.99 Å². The van der Waals surface area contributed by atoms with Gasteiger partial charge in [0.1, 0.15) is 12.1 Å². The molecule has 228 valence electrons. The highest BCUT2D eigenvalue weighted by Crippen LogP contribution is 2.34. The minimum Gasteiger partial charge on any atom is -0.406 e. The predicted molar refractivity (Wildman–Crippen MR) is 167 cm³/mol. The molecule has 1 fully saturated rings. The van der Waals surface area contributed by atoms with Crippen LogP contribution in [0.15, 0.2) is 96.4 Å². The number of carbonyl (C=O) groups excluding carboxylic acids is 1. The first-order valence-electron chi connectivity index (χ1n) is 14.0. The number of aromatic nitrogens is 3. The van der Waals surface area contributed by atoms with E-state index in [0.29, 0.717) is 29.0 Å². The maximum atomic E-state index is 12.7. The Morgan fingerprint density at radius 1 is 1.11 bits per heavy atom. The summed E-state index contributed by atoms with van der Waals surface area (Å²) >= 11 is 1.50. The van der Waals surface area contributed by atoms with Gasteiger partial charge in [-0.2, -0.15) is 4.99 Å². The SMILES string of the molecule is C=C1CSC(=NC(=O)NCCC(C)c2ccc(-c3ncn(-c4ccc(OC(F)(F)F)cc4)n3)cc2)N1c1ccccc1CC. The number of hydrogen-bond acceptors (Lipinski definition) is 5. The van der Waals surface area contributed by atoms with Crippen LogP contribution in [0.5, 0.6) is 5.75 Å². The third-order valence-electron chi connectivity index (χ3n) is 7.10. The molecule has 1 saturated heterocycles. The van der Waals surface area contributed by atoms with Crippen LogP contribution in [0.1, 0.15) is 37.3 Å². The van der Waals surface area contributed by atoms with Gasteiger partial charge in [-0.05, 0) is 60.2 Å². The van der Waals surface area contributed by atoms with Gasteiger partial charge in [-0.1, -0.05) is 74.7 Å². The normalized spacial score (nSPS) is 15.1. The Hall–Kier alpha value is -4.58. The molecule has 1 aromatic heterocycles. The molecule has 4 aromatic rings. The summed E-state index contributed by atoms with van der Waals surface area (Å²) in [6.45, 7) is 8.82. The summed E-state index contributed by atoms with van der Waals surface area (Å²) in [5.41, 5.74) is 5.51. The molecule has 8 nitrogen and oxygen atoms in total. The van der Waals surface area contributed by atoms with Crippen LogP contribution in [0.3, 0.4) is 0 Å². The van der Waals surface area contributed by atoms with Crippen LogP contribution in [0.2, 0.25) is 0 Å². The van der Waals surface area contributed by atoms with E-state index in [0.717, 1.165) is 35.4 Å². The van der Waals surface area contributed by atoms with E-state index in [9.17, 15) is 18.0 Å². The molecule has 44 heavy (non-hydrogen) atoms. The minimum absolute atomic E-state index is 0.175. The van der Waals surface area contributed by atoms with Gasteiger partial charge in [-0.25, -0.2) is 14.5 Å². The number of benzene rings is 3. The number of ether oxygens (including phenoxy) is 1. The fourth-order valence-electron chi connectivity index (χ4n) is 4.77. The molecule has 2 heterocycles. The zero-order valence-corrected chi connectivity index (χ0v) is 25.0. The Balaban J connectivity index is 1.15. The number of alkyl halides is 3. The van der Waals surface area contributed by atoms with E-state index < -0.39 is 6.36 Å². The molecule has 1 N–H and O–H groups in total. The molecule has 0 spiro atoms. The van der Waals surface area contributed by atoms with Gasteiger partial charge in [0.25, 0.3) is 0 Å². The maximum Gasteiger partial charge on any atom is 0.573 e. The lowest BCUT2D eigenvalue weighted by Gasteiger charge is -2.22. The number of nitrogens with one attached hydrogen (secondary N) is 1. The average molecular weight is 621 g/mol. The predicted octanol–water partition coefficient (Wildman–Crippen LogP) is 7.72. The topological polar surface area (TPSA) is 84.6 Å². The van der Waals surface area contributed by atoms with Crippen molar-refractivity contribution < 1.29 is 22.7 Å². The molecule has 12 heteroatoms. The number of amidine groups is 1. The molecular weight excluding hydrogens is 589 g/mol. The molecule has 1 atom stereocenters. The molecule has 0 saturated carbocycles. The third-order valence-corrected chi connectivity index (χ3v) is 8.11. The van der Waals surface area contributed by atoms with Gasteiger partial charge in [0.05, 0.1) is 11.4 Å². The van der Waals surface area contributed by atoms with Crippen molar-refractivity contribution in [2.75, 3.05) is 17.2 Å². The highest BCUT2D eigenvalue weighted by atomic mass is 32.2. The van der Waals surface area contributed by atoms with Crippen LogP contribution in [0, 0.1) is 0 Å². The van der Waals surface area contributed by atoms with Gasteiger partial charge in [-0.3, -0.25) is 4.90 Å². The van der Waals surface area contributed by atoms with Crippen molar-refractivity contribution in [3.8, 4) is 22.8 Å². The number of amides is 2. The van der Waals surface area contributed by atoms with E-state index >= 15 is 0 Å². The summed E-state index contributed by atoms with van der Waals surface area (Å²) in [5, 5.41) is 7.99. The van der Waals surface area contributed by atoms with Crippen molar-refractivity contribution in [1.82, 2.24) is 20.1 Å². The van der Waals surface area contributed by atoms with Gasteiger partial charge < -0.3 is 10.1 Å². The molecule has 1 aliphatic heterocycles. The van der Waals surface area contributed by atoms with Crippen molar-refractivity contribution in [1.29, 1.82) is 0 Å². The lowest BCUT2D eigenvalue weighted by Crippen LogP contribution is -2.28. The van der Waals surface area contributed by atoms with E-state index in [-0.39, 0.29) is 17.7 Å². The number of hydrogen-bond donors (Lipinski definition) is 1. The second-order valence-electron chi connectivity index (χ2n) is 10.2. The Bertz CT molecular complexity index is 1650. The summed E-state index contributed by atoms with van der Waals surface area (Å²) in [4.78, 5) is 23.3. The zero-order valence-electron chi connectivity index (χ0n) is 24.2. The molecule has 0 radical (unpaired) electrons. The second kappa shape index (κ2) is 13.4. The minimum atomic E-state index is -4.75. The summed E-state index contributed by atoms with van der Waals surface area (Å²) in [5.74, 6) is 1.03. The Morgan fingerprint density at radius 3 is 2.55 bits per heavy atom. The fourth-order valence-corrected chi connectivity index (χ4v) is 5.69. The third kappa shape index (κ3) is 7.49. The van der Waals surface area contributed by atoms with Crippen LogP contribution in [0.4, 0.5) is 23.7 Å². The molecule has 2 amide bonds. The summed E-state index contributed by atoms with van der Waals surface area (Å²) in [6.07, 6.45) is -1.66. The first-order chi connectivity index (χ1) is 21.1. The second-order valence-corrected chi connectivity index (χ2v) is 11.1. The maximum absolute atomic E-state index is 12.7. The number of aliphatic imine (C=N–C) groups is 1. The van der Waals surface area contributed by atoms with Gasteiger partial charge in [0.15, 0.2) is 11.0 Å². The highest BCUT2D eigenvalue weighted by molar-refractivity contribution is 8.14. The van der Waals surface area contributed by atoms with Crippen LogP contribution >= 0.6 is 11.8 Å². The van der Waals surface area contributed by atoms with Crippen LogP contribution in [-0.4, -0.2) is 44.6 Å². The Labute approximate surface area is 257 Å². The number of thioether (sulfide) groups is 1. The van der Waals surface area contributed by atoms with Crippen molar-refractivity contribution >= 4 is 28.6 Å². The number of rotatable bonds is 9. The number of para-hydroxylation sites is 1. The molecule has 0 aliphatic carbocycles. The smallest absolute Gasteiger partial charge is 0.406 e. The summed E-state index contributed by atoms with van der Waals surface area (Å²) in [7, 11) is 0.